The normalized spacial score (nSPS) is 12.3. The number of aryl methyl sites for hydroxylation is 1. The largest absolute Gasteiger partial charge is 0.392 e. The quantitative estimate of drug-likeness (QED) is 0.643. The third-order valence-corrected chi connectivity index (χ3v) is 1.41. The topological polar surface area (TPSA) is 87.6 Å². The number of aliphatic hydroxyl groups excluding tert-OH is 1. The Morgan fingerprint density at radius 3 is 3.08 bits per heavy atom. The van der Waals surface area contributed by atoms with Gasteiger partial charge in [0, 0.05) is 6.54 Å². The number of hydrogen-bond donors (Lipinski definition) is 1. The number of aromatic nitrogens is 4. The Morgan fingerprint density at radius 1 is 1.67 bits per heavy atom. The van der Waals surface area contributed by atoms with Crippen LogP contribution in [-0.2, 0) is 6.54 Å². The van der Waals surface area contributed by atoms with E-state index in [2.05, 4.69) is 15.5 Å². The zero-order valence-electron chi connectivity index (χ0n) is 6.46. The van der Waals surface area contributed by atoms with E-state index in [1.165, 1.54) is 11.0 Å². The predicted octanol–water partition coefficient (Wildman–Crippen LogP) is -0.662. The molecule has 6 heteroatoms. The Bertz CT molecular complexity index is 251. The predicted molar refractivity (Wildman–Crippen MR) is 38.7 cm³/mol. The average molecular weight is 167 g/mol. The summed E-state index contributed by atoms with van der Waals surface area (Å²) < 4.78 is 1.51. The first kappa shape index (κ1) is 8.62. The first-order valence-electron chi connectivity index (χ1n) is 3.58. The summed E-state index contributed by atoms with van der Waals surface area (Å²) >= 11 is 0. The molecular formula is C6H9N5O. The van der Waals surface area contributed by atoms with Crippen LogP contribution in [0.3, 0.4) is 0 Å². The summed E-state index contributed by atoms with van der Waals surface area (Å²) in [6, 6.07) is 1.89. The Labute approximate surface area is 69.4 Å². The van der Waals surface area contributed by atoms with Crippen molar-refractivity contribution >= 4 is 0 Å². The highest BCUT2D eigenvalue weighted by atomic mass is 16.3. The number of rotatable bonds is 4. The second kappa shape index (κ2) is 4.41. The van der Waals surface area contributed by atoms with E-state index in [1.54, 1.807) is 0 Å². The smallest absolute Gasteiger partial charge is 0.138 e. The standard InChI is InChI=1S/C6H9N5O/c7-3-1-6(12)2-4-11-5-8-9-10-11/h5-6,12H,1-2,4H2. The van der Waals surface area contributed by atoms with E-state index in [9.17, 15) is 0 Å². The van der Waals surface area contributed by atoms with Gasteiger partial charge >= 0.3 is 0 Å². The molecule has 64 valence electrons. The Kier molecular flexibility index (Phi) is 3.17. The summed E-state index contributed by atoms with van der Waals surface area (Å²) in [5.41, 5.74) is 0. The first-order chi connectivity index (χ1) is 5.83. The molecule has 1 N–H and O–H groups in total. The Balaban J connectivity index is 2.23. The molecule has 1 unspecified atom stereocenters. The van der Waals surface area contributed by atoms with Crippen molar-refractivity contribution in [3.8, 4) is 6.07 Å². The number of nitrogens with zero attached hydrogens (tertiary/aromatic N) is 5. The molecule has 0 aliphatic heterocycles. The Hall–Kier alpha value is -1.48. The maximum absolute atomic E-state index is 9.14. The van der Waals surface area contributed by atoms with Gasteiger partial charge in [0.15, 0.2) is 0 Å². The van der Waals surface area contributed by atoms with Gasteiger partial charge in [0.05, 0.1) is 18.6 Å². The lowest BCUT2D eigenvalue weighted by Gasteiger charge is -2.03. The van der Waals surface area contributed by atoms with Crippen molar-refractivity contribution < 1.29 is 5.11 Å². The molecule has 0 saturated heterocycles. The summed E-state index contributed by atoms with van der Waals surface area (Å²) in [5, 5.41) is 27.9. The van der Waals surface area contributed by atoms with Gasteiger partial charge in [0.1, 0.15) is 6.33 Å². The molecule has 0 aromatic carbocycles. The van der Waals surface area contributed by atoms with E-state index in [-0.39, 0.29) is 6.42 Å². The van der Waals surface area contributed by atoms with Gasteiger partial charge in [-0.25, -0.2) is 4.68 Å². The lowest BCUT2D eigenvalue weighted by Crippen LogP contribution is -2.10. The van der Waals surface area contributed by atoms with Crippen LogP contribution in [-0.4, -0.2) is 31.4 Å². The van der Waals surface area contributed by atoms with E-state index >= 15 is 0 Å². The van der Waals surface area contributed by atoms with Gasteiger partial charge in [0.25, 0.3) is 0 Å². The van der Waals surface area contributed by atoms with Crippen molar-refractivity contribution in [3.05, 3.63) is 6.33 Å². The molecule has 0 aliphatic rings. The SMILES string of the molecule is N#CCC(O)CCn1cnnn1. The highest BCUT2D eigenvalue weighted by Crippen LogP contribution is 1.97. The van der Waals surface area contributed by atoms with Gasteiger partial charge in [0.2, 0.25) is 0 Å². The van der Waals surface area contributed by atoms with Gasteiger partial charge in [-0.3, -0.25) is 0 Å². The number of nitriles is 1. The van der Waals surface area contributed by atoms with E-state index in [4.69, 9.17) is 10.4 Å². The van der Waals surface area contributed by atoms with Crippen LogP contribution in [0.15, 0.2) is 6.33 Å². The van der Waals surface area contributed by atoms with Crippen molar-refractivity contribution in [1.29, 1.82) is 5.26 Å². The molecular weight excluding hydrogens is 158 g/mol. The summed E-state index contributed by atoms with van der Waals surface area (Å²) in [7, 11) is 0. The van der Waals surface area contributed by atoms with Gasteiger partial charge in [-0.1, -0.05) is 0 Å². The van der Waals surface area contributed by atoms with Crippen LogP contribution in [0, 0.1) is 11.3 Å². The maximum atomic E-state index is 9.14. The van der Waals surface area contributed by atoms with E-state index < -0.39 is 6.10 Å². The van der Waals surface area contributed by atoms with Crippen molar-refractivity contribution in [2.45, 2.75) is 25.5 Å². The van der Waals surface area contributed by atoms with Gasteiger partial charge in [-0.2, -0.15) is 5.26 Å². The summed E-state index contributed by atoms with van der Waals surface area (Å²) in [5.74, 6) is 0. The lowest BCUT2D eigenvalue weighted by atomic mass is 10.2. The molecule has 1 atom stereocenters. The fourth-order valence-corrected chi connectivity index (χ4v) is 0.771. The molecule has 0 aliphatic carbocycles. The Morgan fingerprint density at radius 2 is 2.50 bits per heavy atom. The molecule has 1 heterocycles. The lowest BCUT2D eigenvalue weighted by molar-refractivity contribution is 0.161. The second-order valence-corrected chi connectivity index (χ2v) is 2.38. The van der Waals surface area contributed by atoms with Crippen LogP contribution >= 0.6 is 0 Å². The summed E-state index contributed by atoms with van der Waals surface area (Å²) in [4.78, 5) is 0. The van der Waals surface area contributed by atoms with Crippen molar-refractivity contribution in [3.63, 3.8) is 0 Å². The molecule has 0 bridgehead atoms. The molecule has 0 radical (unpaired) electrons. The van der Waals surface area contributed by atoms with Crippen LogP contribution in [0.5, 0.6) is 0 Å². The molecule has 12 heavy (non-hydrogen) atoms. The third-order valence-electron chi connectivity index (χ3n) is 1.41. The van der Waals surface area contributed by atoms with Crippen LogP contribution in [0.2, 0.25) is 0 Å². The maximum Gasteiger partial charge on any atom is 0.138 e. The first-order valence-corrected chi connectivity index (χ1v) is 3.58. The molecule has 1 aromatic heterocycles. The molecule has 0 spiro atoms. The minimum atomic E-state index is -0.584. The second-order valence-electron chi connectivity index (χ2n) is 2.38. The fraction of sp³-hybridized carbons (Fsp3) is 0.667. The highest BCUT2D eigenvalue weighted by molar-refractivity contribution is 4.74. The van der Waals surface area contributed by atoms with Crippen LogP contribution < -0.4 is 0 Å². The highest BCUT2D eigenvalue weighted by Gasteiger charge is 2.03. The average Bonchev–Trinajstić information content (AvgIpc) is 2.53. The van der Waals surface area contributed by atoms with Gasteiger partial charge in [-0.05, 0) is 16.8 Å². The molecule has 1 aromatic rings. The monoisotopic (exact) mass is 167 g/mol. The number of aliphatic hydroxyl groups is 1. The van der Waals surface area contributed by atoms with Crippen LogP contribution in [0.1, 0.15) is 12.8 Å². The molecule has 1 rings (SSSR count). The number of tetrazole rings is 1. The van der Waals surface area contributed by atoms with Crippen LogP contribution in [0.4, 0.5) is 0 Å². The molecule has 0 fully saturated rings. The van der Waals surface area contributed by atoms with Gasteiger partial charge < -0.3 is 5.11 Å². The summed E-state index contributed by atoms with van der Waals surface area (Å²) in [6.45, 7) is 0.538. The molecule has 0 amide bonds. The molecule has 6 nitrogen and oxygen atoms in total. The van der Waals surface area contributed by atoms with Gasteiger partial charge in [-0.15, -0.1) is 5.10 Å². The van der Waals surface area contributed by atoms with E-state index in [0.717, 1.165) is 0 Å². The van der Waals surface area contributed by atoms with E-state index in [1.807, 2.05) is 6.07 Å². The third kappa shape index (κ3) is 2.64. The zero-order valence-corrected chi connectivity index (χ0v) is 6.46. The minimum absolute atomic E-state index is 0.155. The van der Waals surface area contributed by atoms with Crippen molar-refractivity contribution in [2.75, 3.05) is 0 Å². The van der Waals surface area contributed by atoms with Crippen molar-refractivity contribution in [2.24, 2.45) is 0 Å². The fourth-order valence-electron chi connectivity index (χ4n) is 0.771. The number of hydrogen-bond acceptors (Lipinski definition) is 5. The van der Waals surface area contributed by atoms with Crippen molar-refractivity contribution in [1.82, 2.24) is 20.2 Å². The minimum Gasteiger partial charge on any atom is -0.392 e. The zero-order chi connectivity index (χ0) is 8.81. The molecule has 0 saturated carbocycles. The summed E-state index contributed by atoms with van der Waals surface area (Å²) in [6.07, 6.45) is 1.54. The van der Waals surface area contributed by atoms with E-state index in [0.29, 0.717) is 13.0 Å². The van der Waals surface area contributed by atoms with Crippen LogP contribution in [0.25, 0.3) is 0 Å².